The molecule has 1 aromatic carbocycles. The minimum atomic E-state index is -0.829. The standard InChI is InChI=1S/C52H78N2O8/c1-32(2)43-38(55)29-52(41(56)31-53-30-33-10-12-34(13-11-33)61-27-24-54-22-25-60-26-23-54)21-20-50(8)35(44(43)52)14-15-40-49(7)18-17-42(48(5,6)39(49)16-19-51(40,50)9)62-46(59)37-28-36(45(57)58)47(37,3)4/h10-13,32,35-37,39-42,53,56H,14-31H2,1-9H3,(H,57,58)/t35-,36+,37-,39+,40-,41+,42+,49+,50-,51-,52+/m1/s1. The zero-order valence-electron chi connectivity index (χ0n) is 39.4. The normalized spacial score (nSPS) is 39.2. The number of nitrogens with one attached hydrogen (secondary N) is 1. The van der Waals surface area contributed by atoms with Gasteiger partial charge in [0.25, 0.3) is 0 Å². The lowest BCUT2D eigenvalue weighted by molar-refractivity contribution is -0.238. The lowest BCUT2D eigenvalue weighted by atomic mass is 9.33. The molecule has 6 aliphatic carbocycles. The zero-order chi connectivity index (χ0) is 44.6. The number of fused-ring (bicyclic) bond motifs is 7. The Kier molecular flexibility index (Phi) is 12.2. The third kappa shape index (κ3) is 7.31. The van der Waals surface area contributed by atoms with Crippen LogP contribution in [0.3, 0.4) is 0 Å². The summed E-state index contributed by atoms with van der Waals surface area (Å²) < 4.78 is 17.9. The molecule has 5 saturated carbocycles. The van der Waals surface area contributed by atoms with Gasteiger partial charge in [-0.1, -0.05) is 80.0 Å². The number of benzene rings is 1. The quantitative estimate of drug-likeness (QED) is 0.166. The molecule has 10 nitrogen and oxygen atoms in total. The monoisotopic (exact) mass is 859 g/mol. The number of aliphatic hydroxyl groups excluding tert-OH is 1. The second-order valence-corrected chi connectivity index (χ2v) is 23.2. The average Bonchev–Trinajstić information content (AvgIpc) is 3.53. The van der Waals surface area contributed by atoms with Gasteiger partial charge in [-0.15, -0.1) is 0 Å². The number of nitrogens with zero attached hydrogens (tertiary/aromatic N) is 1. The van der Waals surface area contributed by atoms with Crippen LogP contribution < -0.4 is 10.1 Å². The fourth-order valence-corrected chi connectivity index (χ4v) is 15.6. The summed E-state index contributed by atoms with van der Waals surface area (Å²) in [5.74, 6) is 0.393. The third-order valence-corrected chi connectivity index (χ3v) is 19.5. The number of ketones is 1. The number of ether oxygens (including phenoxy) is 3. The number of hydrogen-bond acceptors (Lipinski definition) is 9. The SMILES string of the molecule is CC(C)C1=C2[C@H]3CC[C@@H]4[C@@]5(C)CC[C@H](OC(=O)[C@H]6C[C@@H](C(=O)O)C6(C)C)C(C)(C)[C@@H]5CC[C@@]4(C)[C@]3(C)CC[C@@]2([C@@H](O)CNCc2ccc(OCCN3CCOCC3)cc2)CC1=O. The van der Waals surface area contributed by atoms with E-state index in [1.165, 1.54) is 5.57 Å². The first-order valence-electron chi connectivity index (χ1n) is 24.3. The largest absolute Gasteiger partial charge is 0.492 e. The summed E-state index contributed by atoms with van der Waals surface area (Å²) in [5.41, 5.74) is 2.17. The van der Waals surface area contributed by atoms with E-state index < -0.39 is 28.8 Å². The van der Waals surface area contributed by atoms with E-state index in [2.05, 4.69) is 70.8 Å². The maximum atomic E-state index is 14.2. The van der Waals surface area contributed by atoms with E-state index in [9.17, 15) is 24.6 Å². The molecule has 0 spiro atoms. The Hall–Kier alpha value is -2.79. The first-order chi connectivity index (χ1) is 29.2. The molecule has 344 valence electrons. The number of esters is 1. The van der Waals surface area contributed by atoms with Crippen LogP contribution >= 0.6 is 0 Å². The predicted molar refractivity (Wildman–Crippen MR) is 239 cm³/mol. The minimum absolute atomic E-state index is 0.0173. The molecular formula is C52H78N2O8. The molecular weight excluding hydrogens is 781 g/mol. The third-order valence-electron chi connectivity index (χ3n) is 19.5. The Balaban J connectivity index is 0.950. The van der Waals surface area contributed by atoms with Crippen LogP contribution in [0.1, 0.15) is 132 Å². The number of hydrogen-bond donors (Lipinski definition) is 3. The van der Waals surface area contributed by atoms with Gasteiger partial charge in [-0.3, -0.25) is 19.3 Å². The highest BCUT2D eigenvalue weighted by molar-refractivity contribution is 6.00. The van der Waals surface area contributed by atoms with Crippen molar-refractivity contribution in [1.82, 2.24) is 10.2 Å². The first-order valence-corrected chi connectivity index (χ1v) is 24.3. The molecule has 11 atom stereocenters. The maximum Gasteiger partial charge on any atom is 0.309 e. The van der Waals surface area contributed by atoms with Crippen molar-refractivity contribution in [3.63, 3.8) is 0 Å². The molecule has 0 unspecified atom stereocenters. The molecule has 6 fully saturated rings. The van der Waals surface area contributed by atoms with Gasteiger partial charge in [-0.25, -0.2) is 0 Å². The molecule has 0 radical (unpaired) electrons. The fraction of sp³-hybridized carbons (Fsp3) is 0.788. The van der Waals surface area contributed by atoms with E-state index in [0.717, 1.165) is 101 Å². The second kappa shape index (κ2) is 16.6. The van der Waals surface area contributed by atoms with Gasteiger partial charge in [-0.05, 0) is 126 Å². The van der Waals surface area contributed by atoms with Crippen molar-refractivity contribution >= 4 is 17.7 Å². The van der Waals surface area contributed by atoms with E-state index in [-0.39, 0.29) is 57.3 Å². The Labute approximate surface area is 371 Å². The van der Waals surface area contributed by atoms with Crippen LogP contribution in [-0.4, -0.2) is 91.0 Å². The van der Waals surface area contributed by atoms with Crippen LogP contribution in [-0.2, 0) is 30.4 Å². The van der Waals surface area contributed by atoms with Crippen molar-refractivity contribution in [2.45, 2.75) is 145 Å². The Morgan fingerprint density at radius 1 is 0.871 bits per heavy atom. The van der Waals surface area contributed by atoms with Crippen LogP contribution in [0.25, 0.3) is 0 Å². The number of Topliss-reactive ketones (excluding diaryl/α,β-unsaturated/α-hetero) is 1. The minimum Gasteiger partial charge on any atom is -0.492 e. The predicted octanol–water partition coefficient (Wildman–Crippen LogP) is 8.49. The van der Waals surface area contributed by atoms with Crippen molar-refractivity contribution in [3.05, 3.63) is 41.0 Å². The number of carboxylic acids is 1. The molecule has 10 heteroatoms. The summed E-state index contributed by atoms with van der Waals surface area (Å²) in [5, 5.41) is 25.6. The Morgan fingerprint density at radius 3 is 2.24 bits per heavy atom. The van der Waals surface area contributed by atoms with Crippen molar-refractivity contribution < 1.29 is 38.8 Å². The van der Waals surface area contributed by atoms with Gasteiger partial charge in [0.2, 0.25) is 0 Å². The van der Waals surface area contributed by atoms with E-state index in [4.69, 9.17) is 14.2 Å². The summed E-state index contributed by atoms with van der Waals surface area (Å²) in [6.45, 7) is 26.5. The topological polar surface area (TPSA) is 135 Å². The number of morpholine rings is 1. The lowest BCUT2D eigenvalue weighted by Crippen LogP contribution is -2.66. The molecule has 0 amide bonds. The van der Waals surface area contributed by atoms with E-state index >= 15 is 0 Å². The summed E-state index contributed by atoms with van der Waals surface area (Å²) in [7, 11) is 0. The van der Waals surface area contributed by atoms with Crippen molar-refractivity contribution in [1.29, 1.82) is 0 Å². The highest BCUT2D eigenvalue weighted by Gasteiger charge is 2.71. The number of rotatable bonds is 13. The molecule has 3 N–H and O–H groups in total. The van der Waals surface area contributed by atoms with Gasteiger partial charge in [-0.2, -0.15) is 0 Å². The van der Waals surface area contributed by atoms with E-state index in [1.54, 1.807) is 0 Å². The van der Waals surface area contributed by atoms with Crippen molar-refractivity contribution in [3.8, 4) is 5.75 Å². The van der Waals surface area contributed by atoms with Crippen LogP contribution in [0.5, 0.6) is 5.75 Å². The highest BCUT2D eigenvalue weighted by Crippen LogP contribution is 2.77. The van der Waals surface area contributed by atoms with Crippen LogP contribution in [0.2, 0.25) is 0 Å². The molecule has 1 saturated heterocycles. The van der Waals surface area contributed by atoms with Gasteiger partial charge >= 0.3 is 11.9 Å². The van der Waals surface area contributed by atoms with Gasteiger partial charge in [0.15, 0.2) is 5.78 Å². The van der Waals surface area contributed by atoms with E-state index in [0.29, 0.717) is 44.4 Å². The number of carbonyl (C=O) groups excluding carboxylic acids is 2. The fourth-order valence-electron chi connectivity index (χ4n) is 15.6. The van der Waals surface area contributed by atoms with Crippen LogP contribution in [0.15, 0.2) is 35.4 Å². The van der Waals surface area contributed by atoms with Crippen LogP contribution in [0.4, 0.5) is 0 Å². The van der Waals surface area contributed by atoms with Gasteiger partial charge < -0.3 is 29.7 Å². The second-order valence-electron chi connectivity index (χ2n) is 23.2. The van der Waals surface area contributed by atoms with Crippen molar-refractivity contribution in [2.24, 2.45) is 68.0 Å². The molecule has 1 aromatic rings. The average molecular weight is 859 g/mol. The first kappa shape index (κ1) is 45.8. The lowest BCUT2D eigenvalue weighted by Gasteiger charge is -2.72. The van der Waals surface area contributed by atoms with Crippen LogP contribution in [0, 0.1) is 68.0 Å². The number of aliphatic carboxylic acids is 1. The summed E-state index contributed by atoms with van der Waals surface area (Å²) in [6.07, 6.45) is 7.83. The molecule has 0 bridgehead atoms. The molecule has 7 aliphatic rings. The van der Waals surface area contributed by atoms with Crippen molar-refractivity contribution in [2.75, 3.05) is 46.0 Å². The molecule has 1 heterocycles. The highest BCUT2D eigenvalue weighted by atomic mass is 16.5. The summed E-state index contributed by atoms with van der Waals surface area (Å²) in [6, 6.07) is 8.25. The Bertz CT molecular complexity index is 1900. The molecule has 0 aromatic heterocycles. The number of carbonyl (C=O) groups is 3. The molecule has 62 heavy (non-hydrogen) atoms. The summed E-state index contributed by atoms with van der Waals surface area (Å²) in [4.78, 5) is 42.1. The Morgan fingerprint density at radius 2 is 1.58 bits per heavy atom. The van der Waals surface area contributed by atoms with Gasteiger partial charge in [0.1, 0.15) is 18.5 Å². The number of aliphatic hydroxyl groups is 1. The molecule has 1 aliphatic heterocycles. The van der Waals surface area contributed by atoms with E-state index in [1.807, 2.05) is 26.0 Å². The van der Waals surface area contributed by atoms with Gasteiger partial charge in [0.05, 0.1) is 31.2 Å². The summed E-state index contributed by atoms with van der Waals surface area (Å²) >= 11 is 0. The number of carboxylic acid groups (broad SMARTS) is 1. The molecule has 8 rings (SSSR count). The zero-order valence-corrected chi connectivity index (χ0v) is 39.4. The number of allylic oxidation sites excluding steroid dienone is 1. The van der Waals surface area contributed by atoms with Gasteiger partial charge in [0, 0.05) is 50.0 Å². The smallest absolute Gasteiger partial charge is 0.309 e. The maximum absolute atomic E-state index is 14.2.